The van der Waals surface area contributed by atoms with Crippen LogP contribution in [0.4, 0.5) is 13.2 Å². The lowest BCUT2D eigenvalue weighted by Crippen LogP contribution is -2.44. The Morgan fingerprint density at radius 3 is 2.64 bits per heavy atom. The van der Waals surface area contributed by atoms with Crippen LogP contribution in [0.3, 0.4) is 0 Å². The summed E-state index contributed by atoms with van der Waals surface area (Å²) < 4.78 is 52.3. The average molecular weight is 471 g/mol. The maximum atomic E-state index is 13.8. The zero-order valence-corrected chi connectivity index (χ0v) is 19.3. The fourth-order valence-corrected chi connectivity index (χ4v) is 3.67. The second kappa shape index (κ2) is 11.9. The van der Waals surface area contributed by atoms with Gasteiger partial charge >= 0.3 is 6.18 Å². The smallest absolute Gasteiger partial charge is 0.419 e. The van der Waals surface area contributed by atoms with E-state index in [0.717, 1.165) is 18.1 Å². The summed E-state index contributed by atoms with van der Waals surface area (Å²) in [6, 6.07) is 3.56. The number of rotatable bonds is 9. The van der Waals surface area contributed by atoms with Crippen LogP contribution >= 0.6 is 0 Å². The summed E-state index contributed by atoms with van der Waals surface area (Å²) in [5, 5.41) is 16.6. The van der Waals surface area contributed by atoms with Crippen molar-refractivity contribution in [2.24, 2.45) is 10.7 Å². The number of guanidine groups is 1. The highest BCUT2D eigenvalue weighted by atomic mass is 19.4. The number of nitrogens with zero attached hydrogens (tertiary/aromatic N) is 2. The topological polar surface area (TPSA) is 104 Å². The van der Waals surface area contributed by atoms with Gasteiger partial charge in [0.2, 0.25) is 5.90 Å². The van der Waals surface area contributed by atoms with Crippen LogP contribution in [0.15, 0.2) is 28.8 Å². The van der Waals surface area contributed by atoms with E-state index < -0.39 is 11.7 Å². The summed E-state index contributed by atoms with van der Waals surface area (Å²) in [5.74, 6) is -0.0439. The lowest BCUT2D eigenvalue weighted by atomic mass is 10.0. The molecule has 7 nitrogen and oxygen atoms in total. The van der Waals surface area contributed by atoms with Crippen molar-refractivity contribution >= 4 is 17.6 Å². The van der Waals surface area contributed by atoms with E-state index in [9.17, 15) is 13.2 Å². The maximum absolute atomic E-state index is 13.8. The van der Waals surface area contributed by atoms with Crippen molar-refractivity contribution < 1.29 is 27.8 Å². The fourth-order valence-electron chi connectivity index (χ4n) is 3.67. The van der Waals surface area contributed by atoms with E-state index in [1.54, 1.807) is 11.0 Å². The number of hydrogen-bond acceptors (Lipinski definition) is 5. The summed E-state index contributed by atoms with van der Waals surface area (Å²) in [6.07, 6.45) is -1.64. The number of aliphatic imine (C=N–C) groups is 1. The Hall–Kier alpha value is -2.75. The lowest BCUT2D eigenvalue weighted by molar-refractivity contribution is -0.139. The van der Waals surface area contributed by atoms with Crippen molar-refractivity contribution in [3.8, 4) is 5.75 Å². The Balaban J connectivity index is 2.49. The van der Waals surface area contributed by atoms with E-state index in [0.29, 0.717) is 49.4 Å². The number of aliphatic hydroxyl groups is 1. The van der Waals surface area contributed by atoms with Crippen LogP contribution in [0.25, 0.3) is 5.70 Å². The Morgan fingerprint density at radius 1 is 1.33 bits per heavy atom. The van der Waals surface area contributed by atoms with Gasteiger partial charge in [0.15, 0.2) is 5.96 Å². The largest absolute Gasteiger partial charge is 0.493 e. The minimum Gasteiger partial charge on any atom is -0.493 e. The summed E-state index contributed by atoms with van der Waals surface area (Å²) in [4.78, 5) is 6.31. The standard InChI is InChI=1S/C23H33F3N4O3/c1-4-15(2)20(29-21(32-3)18-8-7-11-30(18)22(27)28)16-9-10-19(33-13-6-5-12-31)17(14-16)23(24,25)26/h9-10,14,18,31H,4-8,11-13H2,1-3H3,(H3,27,28)/b20-15+,29-21-. The van der Waals surface area contributed by atoms with Gasteiger partial charge in [-0.2, -0.15) is 13.2 Å². The number of methoxy groups -OCH3 is 1. The van der Waals surface area contributed by atoms with Gasteiger partial charge in [0.1, 0.15) is 11.8 Å². The minimum absolute atomic E-state index is 0.0409. The number of likely N-dealkylation sites (tertiary alicyclic amines) is 1. The van der Waals surface area contributed by atoms with Gasteiger partial charge in [0.25, 0.3) is 0 Å². The van der Waals surface area contributed by atoms with Crippen molar-refractivity contribution in [2.75, 3.05) is 26.9 Å². The molecule has 0 amide bonds. The van der Waals surface area contributed by atoms with Gasteiger partial charge < -0.3 is 25.2 Å². The van der Waals surface area contributed by atoms with E-state index in [2.05, 4.69) is 4.99 Å². The predicted octanol–water partition coefficient (Wildman–Crippen LogP) is 4.40. The molecule has 184 valence electrons. The zero-order chi connectivity index (χ0) is 24.6. The number of unbranched alkanes of at least 4 members (excludes halogenated alkanes) is 1. The zero-order valence-electron chi connectivity index (χ0n) is 19.3. The molecule has 0 radical (unpaired) electrons. The molecule has 0 saturated carbocycles. The van der Waals surface area contributed by atoms with Gasteiger partial charge in [-0.05, 0) is 62.8 Å². The van der Waals surface area contributed by atoms with E-state index in [-0.39, 0.29) is 31.0 Å². The highest BCUT2D eigenvalue weighted by molar-refractivity contribution is 5.92. The first-order chi connectivity index (χ1) is 15.6. The van der Waals surface area contributed by atoms with Crippen LogP contribution in [0.1, 0.15) is 57.1 Å². The monoisotopic (exact) mass is 470 g/mol. The van der Waals surface area contributed by atoms with Crippen molar-refractivity contribution in [3.63, 3.8) is 0 Å². The van der Waals surface area contributed by atoms with Crippen molar-refractivity contribution in [2.45, 2.75) is 58.2 Å². The van der Waals surface area contributed by atoms with Gasteiger partial charge in [-0.1, -0.05) is 6.92 Å². The van der Waals surface area contributed by atoms with Crippen LogP contribution in [-0.4, -0.2) is 54.8 Å². The van der Waals surface area contributed by atoms with Crippen LogP contribution in [0, 0.1) is 5.41 Å². The van der Waals surface area contributed by atoms with Crippen molar-refractivity contribution in [1.29, 1.82) is 5.41 Å². The molecule has 1 saturated heterocycles. The van der Waals surface area contributed by atoms with Crippen molar-refractivity contribution in [3.05, 3.63) is 34.9 Å². The van der Waals surface area contributed by atoms with Gasteiger partial charge in [-0.15, -0.1) is 0 Å². The van der Waals surface area contributed by atoms with E-state index in [1.165, 1.54) is 13.2 Å². The highest BCUT2D eigenvalue weighted by Crippen LogP contribution is 2.39. The first-order valence-electron chi connectivity index (χ1n) is 11.0. The maximum Gasteiger partial charge on any atom is 0.419 e. The molecule has 0 aromatic heterocycles. The van der Waals surface area contributed by atoms with Gasteiger partial charge in [-0.3, -0.25) is 5.41 Å². The summed E-state index contributed by atoms with van der Waals surface area (Å²) in [7, 11) is 1.46. The van der Waals surface area contributed by atoms with Crippen LogP contribution in [0.5, 0.6) is 5.75 Å². The number of aliphatic hydroxyl groups excluding tert-OH is 1. The molecule has 1 heterocycles. The molecule has 33 heavy (non-hydrogen) atoms. The summed E-state index contributed by atoms with van der Waals surface area (Å²) in [5.41, 5.74) is 6.28. The normalized spacial score (nSPS) is 17.7. The molecule has 1 atom stereocenters. The number of ether oxygens (including phenoxy) is 2. The number of alkyl halides is 3. The highest BCUT2D eigenvalue weighted by Gasteiger charge is 2.35. The molecule has 10 heteroatoms. The van der Waals surface area contributed by atoms with Crippen molar-refractivity contribution in [1.82, 2.24) is 4.90 Å². The van der Waals surface area contributed by atoms with Gasteiger partial charge in [-0.25, -0.2) is 4.99 Å². The first-order valence-corrected chi connectivity index (χ1v) is 11.0. The molecule has 0 spiro atoms. The number of hydrogen-bond donors (Lipinski definition) is 3. The number of nitrogens with two attached hydrogens (primary N) is 1. The number of nitrogens with one attached hydrogen (secondary N) is 1. The molecule has 1 aliphatic heterocycles. The molecular formula is C23H33F3N4O3. The Morgan fingerprint density at radius 2 is 2.06 bits per heavy atom. The van der Waals surface area contributed by atoms with Gasteiger partial charge in [0, 0.05) is 18.7 Å². The van der Waals surface area contributed by atoms with E-state index in [1.807, 2.05) is 13.8 Å². The third kappa shape index (κ3) is 6.86. The van der Waals surface area contributed by atoms with Crippen LogP contribution in [0.2, 0.25) is 0 Å². The first kappa shape index (κ1) is 26.5. The fraction of sp³-hybridized carbons (Fsp3) is 0.565. The molecular weight excluding hydrogens is 437 g/mol. The Kier molecular flexibility index (Phi) is 9.57. The average Bonchev–Trinajstić information content (AvgIpc) is 3.27. The number of allylic oxidation sites excluding steroid dienone is 1. The second-order valence-electron chi connectivity index (χ2n) is 7.86. The van der Waals surface area contributed by atoms with Crippen LogP contribution < -0.4 is 10.5 Å². The molecule has 0 aliphatic carbocycles. The molecule has 1 fully saturated rings. The number of halogens is 3. The summed E-state index contributed by atoms with van der Waals surface area (Å²) >= 11 is 0. The van der Waals surface area contributed by atoms with E-state index in [4.69, 9.17) is 25.7 Å². The Bertz CT molecular complexity index is 884. The molecule has 1 aromatic rings. The lowest BCUT2D eigenvalue weighted by Gasteiger charge is -2.25. The predicted molar refractivity (Wildman–Crippen MR) is 122 cm³/mol. The third-order valence-electron chi connectivity index (χ3n) is 5.58. The molecule has 4 N–H and O–H groups in total. The molecule has 1 aliphatic rings. The molecule has 0 bridgehead atoms. The quantitative estimate of drug-likeness (QED) is 0.282. The van der Waals surface area contributed by atoms with E-state index >= 15 is 0 Å². The molecule has 1 unspecified atom stereocenters. The second-order valence-corrected chi connectivity index (χ2v) is 7.86. The Labute approximate surface area is 192 Å². The third-order valence-corrected chi connectivity index (χ3v) is 5.58. The molecule has 1 aromatic carbocycles. The van der Waals surface area contributed by atoms with Gasteiger partial charge in [0.05, 0.1) is 25.0 Å². The van der Waals surface area contributed by atoms with Crippen LogP contribution in [-0.2, 0) is 10.9 Å². The SMILES string of the molecule is CC/C(C)=C(/N=C(\OC)C1CCCN1C(=N)N)c1ccc(OCCCCO)c(C(F)(F)F)c1. The number of benzene rings is 1. The summed E-state index contributed by atoms with van der Waals surface area (Å²) in [6.45, 7) is 4.35. The molecule has 2 rings (SSSR count). The minimum atomic E-state index is -4.61.